The lowest BCUT2D eigenvalue weighted by Gasteiger charge is -2.08. The summed E-state index contributed by atoms with van der Waals surface area (Å²) < 4.78 is 5.32. The summed E-state index contributed by atoms with van der Waals surface area (Å²) in [5, 5.41) is 5.80. The Hall–Kier alpha value is -2.27. The van der Waals surface area contributed by atoms with Crippen molar-refractivity contribution in [3.63, 3.8) is 0 Å². The highest BCUT2D eigenvalue weighted by atomic mass is 35.5. The van der Waals surface area contributed by atoms with Gasteiger partial charge in [-0.2, -0.15) is 0 Å². The predicted octanol–water partition coefficient (Wildman–Crippen LogP) is 3.78. The molecular weight excluding hydrogens is 278 g/mol. The third-order valence-corrected chi connectivity index (χ3v) is 2.62. The smallest absolute Gasteiger partial charge is 0.324 e. The second kappa shape index (κ2) is 6.77. The van der Waals surface area contributed by atoms with Crippen LogP contribution in [0.3, 0.4) is 0 Å². The number of aromatic nitrogens is 1. The van der Waals surface area contributed by atoms with E-state index in [0.29, 0.717) is 23.1 Å². The van der Waals surface area contributed by atoms with Crippen LogP contribution in [0.5, 0.6) is 5.75 Å². The van der Waals surface area contributed by atoms with Crippen LogP contribution in [0, 0.1) is 0 Å². The quantitative estimate of drug-likeness (QED) is 0.901. The van der Waals surface area contributed by atoms with Crippen LogP contribution in [-0.4, -0.2) is 17.6 Å². The maximum absolute atomic E-state index is 11.8. The second-order valence-corrected chi connectivity index (χ2v) is 4.33. The molecule has 0 aliphatic rings. The van der Waals surface area contributed by atoms with Crippen molar-refractivity contribution in [2.24, 2.45) is 0 Å². The molecule has 0 saturated heterocycles. The Bertz CT molecular complexity index is 587. The number of nitrogens with zero attached hydrogens (tertiary/aromatic N) is 1. The molecule has 0 saturated carbocycles. The van der Waals surface area contributed by atoms with Crippen molar-refractivity contribution in [1.82, 2.24) is 4.98 Å². The topological polar surface area (TPSA) is 63.2 Å². The molecular formula is C14H14ClN3O2. The largest absolute Gasteiger partial charge is 0.494 e. The number of hydrogen-bond acceptors (Lipinski definition) is 3. The van der Waals surface area contributed by atoms with Gasteiger partial charge in [-0.05, 0) is 43.3 Å². The number of carbonyl (C=O) groups is 1. The number of ether oxygens (including phenoxy) is 1. The molecule has 20 heavy (non-hydrogen) atoms. The first-order valence-corrected chi connectivity index (χ1v) is 6.47. The molecule has 0 bridgehead atoms. The standard InChI is InChI=1S/C14H14ClN3O2/c1-2-20-12-5-3-11(4-6-12)17-14(19)18-13-9-10(15)7-8-16-13/h3-9H,2H2,1H3,(H2,16,17,18,19). The summed E-state index contributed by atoms with van der Waals surface area (Å²) in [6.07, 6.45) is 1.52. The number of carbonyl (C=O) groups excluding carboxylic acids is 1. The Balaban J connectivity index is 1.94. The molecule has 2 aromatic rings. The maximum atomic E-state index is 11.8. The van der Waals surface area contributed by atoms with E-state index in [1.807, 2.05) is 6.92 Å². The van der Waals surface area contributed by atoms with Crippen LogP contribution in [0.15, 0.2) is 42.6 Å². The van der Waals surface area contributed by atoms with Crippen molar-refractivity contribution in [3.05, 3.63) is 47.6 Å². The first-order valence-electron chi connectivity index (χ1n) is 6.10. The van der Waals surface area contributed by atoms with E-state index in [9.17, 15) is 4.79 Å². The van der Waals surface area contributed by atoms with Gasteiger partial charge in [-0.1, -0.05) is 11.6 Å². The number of benzene rings is 1. The summed E-state index contributed by atoms with van der Waals surface area (Å²) in [4.78, 5) is 15.8. The molecule has 0 aliphatic carbocycles. The Morgan fingerprint density at radius 2 is 2.00 bits per heavy atom. The molecule has 2 N–H and O–H groups in total. The van der Waals surface area contributed by atoms with Gasteiger partial charge in [0.2, 0.25) is 0 Å². The lowest BCUT2D eigenvalue weighted by Crippen LogP contribution is -2.19. The minimum atomic E-state index is -0.385. The van der Waals surface area contributed by atoms with Gasteiger partial charge in [0.25, 0.3) is 0 Å². The van der Waals surface area contributed by atoms with Gasteiger partial charge in [0.1, 0.15) is 11.6 Å². The van der Waals surface area contributed by atoms with Gasteiger partial charge < -0.3 is 10.1 Å². The monoisotopic (exact) mass is 291 g/mol. The molecule has 0 radical (unpaired) electrons. The molecule has 1 heterocycles. The van der Waals surface area contributed by atoms with E-state index in [1.165, 1.54) is 6.20 Å². The van der Waals surface area contributed by atoms with Crippen LogP contribution < -0.4 is 15.4 Å². The van der Waals surface area contributed by atoms with Gasteiger partial charge in [0.15, 0.2) is 0 Å². The highest BCUT2D eigenvalue weighted by Gasteiger charge is 2.04. The Morgan fingerprint density at radius 1 is 1.25 bits per heavy atom. The summed E-state index contributed by atoms with van der Waals surface area (Å²) in [5.41, 5.74) is 0.660. The number of amides is 2. The summed E-state index contributed by atoms with van der Waals surface area (Å²) >= 11 is 5.81. The van der Waals surface area contributed by atoms with Gasteiger partial charge in [-0.25, -0.2) is 9.78 Å². The lowest BCUT2D eigenvalue weighted by molar-refractivity contribution is 0.262. The molecule has 5 nitrogen and oxygen atoms in total. The number of rotatable bonds is 4. The zero-order chi connectivity index (χ0) is 14.4. The first-order chi connectivity index (χ1) is 9.67. The van der Waals surface area contributed by atoms with E-state index >= 15 is 0 Å². The van der Waals surface area contributed by atoms with Crippen LogP contribution in [-0.2, 0) is 0 Å². The fourth-order valence-electron chi connectivity index (χ4n) is 1.55. The minimum Gasteiger partial charge on any atom is -0.494 e. The van der Waals surface area contributed by atoms with E-state index < -0.39 is 0 Å². The number of urea groups is 1. The number of anilines is 2. The molecule has 104 valence electrons. The number of halogens is 1. The van der Waals surface area contributed by atoms with Crippen molar-refractivity contribution in [3.8, 4) is 5.75 Å². The summed E-state index contributed by atoms with van der Waals surface area (Å²) in [7, 11) is 0. The number of pyridine rings is 1. The Morgan fingerprint density at radius 3 is 2.65 bits per heavy atom. The van der Waals surface area contributed by atoms with Crippen molar-refractivity contribution in [2.75, 3.05) is 17.2 Å². The first kappa shape index (κ1) is 14.1. The average molecular weight is 292 g/mol. The summed E-state index contributed by atoms with van der Waals surface area (Å²) in [5.74, 6) is 1.15. The van der Waals surface area contributed by atoms with Crippen molar-refractivity contribution < 1.29 is 9.53 Å². The predicted molar refractivity (Wildman–Crippen MR) is 79.5 cm³/mol. The van der Waals surface area contributed by atoms with Gasteiger partial charge >= 0.3 is 6.03 Å². The zero-order valence-electron chi connectivity index (χ0n) is 10.9. The van der Waals surface area contributed by atoms with Crippen LogP contribution in [0.1, 0.15) is 6.92 Å². The fraction of sp³-hybridized carbons (Fsp3) is 0.143. The van der Waals surface area contributed by atoms with Gasteiger partial charge in [0, 0.05) is 16.9 Å². The van der Waals surface area contributed by atoms with Crippen molar-refractivity contribution in [2.45, 2.75) is 6.92 Å². The second-order valence-electron chi connectivity index (χ2n) is 3.90. The third kappa shape index (κ3) is 4.13. The van der Waals surface area contributed by atoms with Gasteiger partial charge in [-0.15, -0.1) is 0 Å². The minimum absolute atomic E-state index is 0.385. The lowest BCUT2D eigenvalue weighted by atomic mass is 10.3. The molecule has 0 atom stereocenters. The third-order valence-electron chi connectivity index (χ3n) is 2.39. The van der Waals surface area contributed by atoms with E-state index in [-0.39, 0.29) is 6.03 Å². The number of hydrogen-bond donors (Lipinski definition) is 2. The van der Waals surface area contributed by atoms with Crippen molar-refractivity contribution in [1.29, 1.82) is 0 Å². The molecule has 0 aliphatic heterocycles. The number of nitrogens with one attached hydrogen (secondary N) is 2. The van der Waals surface area contributed by atoms with Gasteiger partial charge in [0.05, 0.1) is 6.61 Å². The van der Waals surface area contributed by atoms with Gasteiger partial charge in [-0.3, -0.25) is 5.32 Å². The maximum Gasteiger partial charge on any atom is 0.324 e. The molecule has 6 heteroatoms. The normalized spacial score (nSPS) is 9.90. The van der Waals surface area contributed by atoms with Crippen LogP contribution in [0.2, 0.25) is 5.02 Å². The zero-order valence-corrected chi connectivity index (χ0v) is 11.6. The molecule has 0 unspecified atom stereocenters. The summed E-state index contributed by atoms with van der Waals surface area (Å²) in [6, 6.07) is 9.92. The van der Waals surface area contributed by atoms with Crippen LogP contribution >= 0.6 is 11.6 Å². The highest BCUT2D eigenvalue weighted by Crippen LogP contribution is 2.16. The molecule has 2 rings (SSSR count). The van der Waals surface area contributed by atoms with Crippen LogP contribution in [0.25, 0.3) is 0 Å². The van der Waals surface area contributed by atoms with E-state index in [2.05, 4.69) is 15.6 Å². The van der Waals surface area contributed by atoms with E-state index in [1.54, 1.807) is 36.4 Å². The van der Waals surface area contributed by atoms with Crippen molar-refractivity contribution >= 4 is 29.1 Å². The van der Waals surface area contributed by atoms with E-state index in [4.69, 9.17) is 16.3 Å². The molecule has 1 aromatic heterocycles. The van der Waals surface area contributed by atoms with Crippen LogP contribution in [0.4, 0.5) is 16.3 Å². The Labute approximate surface area is 121 Å². The van der Waals surface area contributed by atoms with E-state index in [0.717, 1.165) is 5.75 Å². The molecule has 0 spiro atoms. The SMILES string of the molecule is CCOc1ccc(NC(=O)Nc2cc(Cl)ccn2)cc1. The molecule has 2 amide bonds. The highest BCUT2D eigenvalue weighted by molar-refractivity contribution is 6.30. The molecule has 0 fully saturated rings. The average Bonchev–Trinajstić information content (AvgIpc) is 2.41. The molecule has 1 aromatic carbocycles. The summed E-state index contributed by atoms with van der Waals surface area (Å²) in [6.45, 7) is 2.52. The fourth-order valence-corrected chi connectivity index (χ4v) is 1.71. The Kier molecular flexibility index (Phi) is 4.79.